The van der Waals surface area contributed by atoms with Crippen LogP contribution in [0.25, 0.3) is 11.3 Å². The Labute approximate surface area is 107 Å². The normalized spacial score (nSPS) is 10.9. The molecule has 4 heteroatoms. The van der Waals surface area contributed by atoms with E-state index in [1.165, 1.54) is 0 Å². The number of anilines is 1. The Morgan fingerprint density at radius 2 is 1.83 bits per heavy atom. The van der Waals surface area contributed by atoms with E-state index in [1.807, 2.05) is 35.9 Å². The van der Waals surface area contributed by atoms with Crippen LogP contribution >= 0.6 is 0 Å². The number of methoxy groups -OCH3 is 1. The fourth-order valence-electron chi connectivity index (χ4n) is 2.01. The van der Waals surface area contributed by atoms with Gasteiger partial charge in [0.2, 0.25) is 0 Å². The first kappa shape index (κ1) is 12.5. The Morgan fingerprint density at radius 3 is 2.28 bits per heavy atom. The van der Waals surface area contributed by atoms with Crippen molar-refractivity contribution in [2.24, 2.45) is 7.05 Å². The van der Waals surface area contributed by atoms with Gasteiger partial charge in [0, 0.05) is 18.5 Å². The van der Waals surface area contributed by atoms with Crippen molar-refractivity contribution >= 4 is 5.82 Å². The van der Waals surface area contributed by atoms with Gasteiger partial charge in [-0.3, -0.25) is 0 Å². The van der Waals surface area contributed by atoms with Crippen LogP contribution in [0.15, 0.2) is 24.3 Å². The predicted octanol–water partition coefficient (Wildman–Crippen LogP) is 2.80. The SMILES string of the molecule is COc1ccc(-c2nc(C(C)C)n(C)c2N)cc1. The Hall–Kier alpha value is -1.97. The number of nitrogens with two attached hydrogens (primary N) is 1. The fraction of sp³-hybridized carbons (Fsp3) is 0.357. The van der Waals surface area contributed by atoms with Crippen molar-refractivity contribution in [1.29, 1.82) is 0 Å². The molecule has 0 bridgehead atoms. The van der Waals surface area contributed by atoms with Crippen LogP contribution in [-0.4, -0.2) is 16.7 Å². The quantitative estimate of drug-likeness (QED) is 0.904. The molecule has 2 rings (SSSR count). The van der Waals surface area contributed by atoms with Crippen LogP contribution in [-0.2, 0) is 7.05 Å². The first-order valence-corrected chi connectivity index (χ1v) is 6.01. The first-order chi connectivity index (χ1) is 8.54. The number of nitrogen functional groups attached to an aromatic ring is 1. The lowest BCUT2D eigenvalue weighted by molar-refractivity contribution is 0.415. The van der Waals surface area contributed by atoms with Crippen LogP contribution < -0.4 is 10.5 Å². The second kappa shape index (κ2) is 4.72. The second-order valence-corrected chi connectivity index (χ2v) is 4.65. The van der Waals surface area contributed by atoms with Gasteiger partial charge in [-0.1, -0.05) is 13.8 Å². The highest BCUT2D eigenvalue weighted by atomic mass is 16.5. The van der Waals surface area contributed by atoms with Crippen molar-refractivity contribution in [3.8, 4) is 17.0 Å². The van der Waals surface area contributed by atoms with Gasteiger partial charge >= 0.3 is 0 Å². The smallest absolute Gasteiger partial charge is 0.131 e. The molecule has 0 spiro atoms. The minimum atomic E-state index is 0.351. The summed E-state index contributed by atoms with van der Waals surface area (Å²) in [6.07, 6.45) is 0. The molecule has 0 saturated heterocycles. The van der Waals surface area contributed by atoms with Gasteiger partial charge in [0.1, 0.15) is 23.1 Å². The molecule has 0 aliphatic heterocycles. The molecule has 0 atom stereocenters. The summed E-state index contributed by atoms with van der Waals surface area (Å²) in [5, 5.41) is 0. The molecule has 0 radical (unpaired) electrons. The molecule has 0 unspecified atom stereocenters. The van der Waals surface area contributed by atoms with Crippen LogP contribution in [0.5, 0.6) is 5.75 Å². The maximum absolute atomic E-state index is 6.11. The molecule has 96 valence electrons. The third-order valence-corrected chi connectivity index (χ3v) is 3.05. The summed E-state index contributed by atoms with van der Waals surface area (Å²) >= 11 is 0. The van der Waals surface area contributed by atoms with Crippen LogP contribution in [0, 0.1) is 0 Å². The standard InChI is InChI=1S/C14H19N3O/c1-9(2)14-16-12(13(15)17(14)3)10-5-7-11(18-4)8-6-10/h5-9H,15H2,1-4H3. The minimum Gasteiger partial charge on any atom is -0.497 e. The number of rotatable bonds is 3. The van der Waals surface area contributed by atoms with E-state index in [9.17, 15) is 0 Å². The van der Waals surface area contributed by atoms with Gasteiger partial charge in [-0.25, -0.2) is 4.98 Å². The zero-order valence-corrected chi connectivity index (χ0v) is 11.3. The van der Waals surface area contributed by atoms with E-state index in [4.69, 9.17) is 10.5 Å². The van der Waals surface area contributed by atoms with Crippen molar-refractivity contribution in [3.05, 3.63) is 30.1 Å². The van der Waals surface area contributed by atoms with Gasteiger partial charge < -0.3 is 15.0 Å². The molecule has 1 aromatic carbocycles. The van der Waals surface area contributed by atoms with Gasteiger partial charge in [0.25, 0.3) is 0 Å². The molecule has 1 heterocycles. The monoisotopic (exact) mass is 245 g/mol. The molecule has 0 aliphatic carbocycles. The predicted molar refractivity (Wildman–Crippen MR) is 73.7 cm³/mol. The molecule has 18 heavy (non-hydrogen) atoms. The Morgan fingerprint density at radius 1 is 1.22 bits per heavy atom. The van der Waals surface area contributed by atoms with Gasteiger partial charge in [-0.2, -0.15) is 0 Å². The van der Waals surface area contributed by atoms with Gasteiger partial charge in [0.15, 0.2) is 0 Å². The summed E-state index contributed by atoms with van der Waals surface area (Å²) in [5.41, 5.74) is 7.96. The fourth-order valence-corrected chi connectivity index (χ4v) is 2.01. The molecule has 1 aromatic heterocycles. The highest BCUT2D eigenvalue weighted by Crippen LogP contribution is 2.29. The van der Waals surface area contributed by atoms with Crippen molar-refractivity contribution in [2.45, 2.75) is 19.8 Å². The minimum absolute atomic E-state index is 0.351. The summed E-state index contributed by atoms with van der Waals surface area (Å²) < 4.78 is 7.09. The first-order valence-electron chi connectivity index (χ1n) is 6.01. The molecule has 4 nitrogen and oxygen atoms in total. The Balaban J connectivity index is 2.47. The van der Waals surface area contributed by atoms with E-state index in [0.29, 0.717) is 11.7 Å². The molecule has 0 saturated carbocycles. The second-order valence-electron chi connectivity index (χ2n) is 4.65. The number of hydrogen-bond donors (Lipinski definition) is 1. The summed E-state index contributed by atoms with van der Waals surface area (Å²) in [7, 11) is 3.60. The van der Waals surface area contributed by atoms with Gasteiger partial charge in [-0.15, -0.1) is 0 Å². The van der Waals surface area contributed by atoms with E-state index < -0.39 is 0 Å². The maximum atomic E-state index is 6.11. The summed E-state index contributed by atoms with van der Waals surface area (Å²) in [6, 6.07) is 7.78. The maximum Gasteiger partial charge on any atom is 0.131 e. The van der Waals surface area contributed by atoms with Gasteiger partial charge in [-0.05, 0) is 24.3 Å². The molecular formula is C14H19N3O. The summed E-state index contributed by atoms with van der Waals surface area (Å²) in [6.45, 7) is 4.22. The zero-order valence-electron chi connectivity index (χ0n) is 11.3. The highest BCUT2D eigenvalue weighted by molar-refractivity contribution is 5.71. The average Bonchev–Trinajstić information content (AvgIpc) is 2.67. The van der Waals surface area contributed by atoms with Crippen molar-refractivity contribution < 1.29 is 4.74 Å². The molecule has 2 aromatic rings. The lowest BCUT2D eigenvalue weighted by Crippen LogP contribution is -2.02. The van der Waals surface area contributed by atoms with E-state index in [1.54, 1.807) is 7.11 Å². The number of aromatic nitrogens is 2. The lowest BCUT2D eigenvalue weighted by Gasteiger charge is -2.04. The number of ether oxygens (including phenoxy) is 1. The average molecular weight is 245 g/mol. The lowest BCUT2D eigenvalue weighted by atomic mass is 10.1. The molecule has 2 N–H and O–H groups in total. The number of benzene rings is 1. The van der Waals surface area contributed by atoms with E-state index in [-0.39, 0.29) is 0 Å². The van der Waals surface area contributed by atoms with Crippen molar-refractivity contribution in [2.75, 3.05) is 12.8 Å². The number of hydrogen-bond acceptors (Lipinski definition) is 3. The zero-order chi connectivity index (χ0) is 13.3. The highest BCUT2D eigenvalue weighted by Gasteiger charge is 2.15. The summed E-state index contributed by atoms with van der Waals surface area (Å²) in [4.78, 5) is 4.63. The van der Waals surface area contributed by atoms with Crippen LogP contribution in [0.4, 0.5) is 5.82 Å². The van der Waals surface area contributed by atoms with Gasteiger partial charge in [0.05, 0.1) is 7.11 Å². The molecule has 0 amide bonds. The van der Waals surface area contributed by atoms with Crippen molar-refractivity contribution in [3.63, 3.8) is 0 Å². The van der Waals surface area contributed by atoms with E-state index >= 15 is 0 Å². The molecule has 0 fully saturated rings. The largest absolute Gasteiger partial charge is 0.497 e. The van der Waals surface area contributed by atoms with Crippen molar-refractivity contribution in [1.82, 2.24) is 9.55 Å². The molecule has 0 aliphatic rings. The van der Waals surface area contributed by atoms with Crippen LogP contribution in [0.3, 0.4) is 0 Å². The third kappa shape index (κ3) is 2.06. The summed E-state index contributed by atoms with van der Waals surface area (Å²) in [5.74, 6) is 2.88. The van der Waals surface area contributed by atoms with E-state index in [0.717, 1.165) is 22.8 Å². The number of imidazole rings is 1. The van der Waals surface area contributed by atoms with Crippen LogP contribution in [0.2, 0.25) is 0 Å². The Bertz CT molecular complexity index is 541. The Kier molecular flexibility index (Phi) is 3.28. The van der Waals surface area contributed by atoms with Crippen LogP contribution in [0.1, 0.15) is 25.6 Å². The topological polar surface area (TPSA) is 53.1 Å². The third-order valence-electron chi connectivity index (χ3n) is 3.05. The number of nitrogens with zero attached hydrogens (tertiary/aromatic N) is 2. The molecular weight excluding hydrogens is 226 g/mol. The van der Waals surface area contributed by atoms with E-state index in [2.05, 4.69) is 18.8 Å².